The third-order valence-corrected chi connectivity index (χ3v) is 2.71. The fourth-order valence-electron chi connectivity index (χ4n) is 1.83. The quantitative estimate of drug-likeness (QED) is 0.875. The molecule has 0 saturated carbocycles. The minimum Gasteiger partial charge on any atom is -0.477 e. The van der Waals surface area contributed by atoms with E-state index in [1.54, 1.807) is 12.1 Å². The highest BCUT2D eigenvalue weighted by Crippen LogP contribution is 2.28. The van der Waals surface area contributed by atoms with E-state index in [-0.39, 0.29) is 35.4 Å². The van der Waals surface area contributed by atoms with E-state index in [1.165, 1.54) is 12.4 Å². The monoisotopic (exact) mass is 289 g/mol. The molecule has 110 valence electrons. The highest BCUT2D eigenvalue weighted by atomic mass is 16.5. The molecule has 1 amide bonds. The number of hydrogen-bond donors (Lipinski definition) is 2. The van der Waals surface area contributed by atoms with Gasteiger partial charge in [-0.05, 0) is 18.1 Å². The van der Waals surface area contributed by atoms with Gasteiger partial charge in [0, 0.05) is 24.4 Å². The van der Waals surface area contributed by atoms with E-state index in [4.69, 9.17) is 4.52 Å². The van der Waals surface area contributed by atoms with Crippen molar-refractivity contribution in [1.82, 2.24) is 10.1 Å². The Kier molecular flexibility index (Phi) is 4.32. The molecule has 2 rings (SSSR count). The third kappa shape index (κ3) is 3.44. The Balaban J connectivity index is 2.34. The largest absolute Gasteiger partial charge is 0.477 e. The van der Waals surface area contributed by atoms with Crippen LogP contribution in [0.25, 0.3) is 11.3 Å². The molecule has 2 aromatic heterocycles. The molecule has 7 nitrogen and oxygen atoms in total. The second-order valence-electron chi connectivity index (χ2n) is 4.92. The summed E-state index contributed by atoms with van der Waals surface area (Å²) < 4.78 is 4.98. The number of aromatic carboxylic acids is 1. The summed E-state index contributed by atoms with van der Waals surface area (Å²) in [6, 6.07) is 3.23. The number of nitrogens with zero attached hydrogens (tertiary/aromatic N) is 2. The van der Waals surface area contributed by atoms with Crippen LogP contribution in [0.15, 0.2) is 29.0 Å². The molecule has 21 heavy (non-hydrogen) atoms. The Bertz CT molecular complexity index is 649. The number of carbonyl (C=O) groups is 2. The molecule has 0 fully saturated rings. The fraction of sp³-hybridized carbons (Fsp3) is 0.286. The Morgan fingerprint density at radius 3 is 2.57 bits per heavy atom. The molecule has 0 bridgehead atoms. The van der Waals surface area contributed by atoms with Crippen LogP contribution in [-0.4, -0.2) is 27.1 Å². The number of hydrogen-bond acceptors (Lipinski definition) is 5. The summed E-state index contributed by atoms with van der Waals surface area (Å²) in [6.07, 6.45) is 3.31. The van der Waals surface area contributed by atoms with Gasteiger partial charge in [-0.15, -0.1) is 0 Å². The van der Waals surface area contributed by atoms with E-state index in [9.17, 15) is 14.7 Å². The van der Waals surface area contributed by atoms with Crippen molar-refractivity contribution in [3.05, 3.63) is 30.1 Å². The maximum absolute atomic E-state index is 11.7. The van der Waals surface area contributed by atoms with Crippen LogP contribution in [0.5, 0.6) is 0 Å². The van der Waals surface area contributed by atoms with E-state index in [0.717, 1.165) is 0 Å². The standard InChI is InChI=1S/C14H15N3O4/c1-8(2)7-10(18)16-13-11(14(19)20)12(17-21-13)9-3-5-15-6-4-9/h3-6,8H,7H2,1-2H3,(H,16,18)(H,19,20). The molecular weight excluding hydrogens is 274 g/mol. The number of rotatable bonds is 5. The lowest BCUT2D eigenvalue weighted by atomic mass is 10.1. The highest BCUT2D eigenvalue weighted by Gasteiger charge is 2.25. The van der Waals surface area contributed by atoms with Gasteiger partial charge in [0.15, 0.2) is 5.56 Å². The van der Waals surface area contributed by atoms with Crippen molar-refractivity contribution in [2.45, 2.75) is 20.3 Å². The minimum absolute atomic E-state index is 0.153. The van der Waals surface area contributed by atoms with Crippen molar-refractivity contribution in [2.24, 2.45) is 5.92 Å². The van der Waals surface area contributed by atoms with Gasteiger partial charge >= 0.3 is 5.97 Å². The number of amides is 1. The van der Waals surface area contributed by atoms with E-state index >= 15 is 0 Å². The minimum atomic E-state index is -1.22. The molecule has 0 radical (unpaired) electrons. The predicted octanol–water partition coefficient (Wildman–Crippen LogP) is 2.42. The van der Waals surface area contributed by atoms with Crippen LogP contribution in [-0.2, 0) is 4.79 Å². The first-order valence-electron chi connectivity index (χ1n) is 6.42. The molecule has 0 aliphatic carbocycles. The normalized spacial score (nSPS) is 10.6. The SMILES string of the molecule is CC(C)CC(=O)Nc1onc(-c2ccncc2)c1C(=O)O. The average Bonchev–Trinajstić information content (AvgIpc) is 2.82. The molecular formula is C14H15N3O4. The second-order valence-corrected chi connectivity index (χ2v) is 4.92. The molecule has 0 aliphatic rings. The number of aromatic nitrogens is 2. The number of pyridine rings is 1. The first-order valence-corrected chi connectivity index (χ1v) is 6.42. The number of nitrogens with one attached hydrogen (secondary N) is 1. The molecule has 0 atom stereocenters. The summed E-state index contributed by atoms with van der Waals surface area (Å²) in [5.41, 5.74) is 0.540. The predicted molar refractivity (Wildman–Crippen MR) is 74.8 cm³/mol. The van der Waals surface area contributed by atoms with Crippen LogP contribution in [0, 0.1) is 5.92 Å². The molecule has 0 aromatic carbocycles. The van der Waals surface area contributed by atoms with Crippen LogP contribution in [0.1, 0.15) is 30.6 Å². The van der Waals surface area contributed by atoms with Crippen LogP contribution < -0.4 is 5.32 Å². The first kappa shape index (κ1) is 14.7. The lowest BCUT2D eigenvalue weighted by Crippen LogP contribution is -2.15. The second kappa shape index (κ2) is 6.17. The van der Waals surface area contributed by atoms with Crippen LogP contribution in [0.2, 0.25) is 0 Å². The van der Waals surface area contributed by atoms with Gasteiger partial charge < -0.3 is 9.63 Å². The average molecular weight is 289 g/mol. The van der Waals surface area contributed by atoms with Gasteiger partial charge in [-0.25, -0.2) is 4.79 Å². The van der Waals surface area contributed by atoms with Crippen LogP contribution in [0.4, 0.5) is 5.88 Å². The summed E-state index contributed by atoms with van der Waals surface area (Å²) in [5, 5.41) is 15.5. The molecule has 0 saturated heterocycles. The third-order valence-electron chi connectivity index (χ3n) is 2.71. The molecule has 2 aromatic rings. The maximum Gasteiger partial charge on any atom is 0.343 e. The molecule has 0 unspecified atom stereocenters. The van der Waals surface area contributed by atoms with Gasteiger partial charge in [0.2, 0.25) is 11.8 Å². The zero-order valence-corrected chi connectivity index (χ0v) is 11.7. The Morgan fingerprint density at radius 2 is 2.00 bits per heavy atom. The van der Waals surface area contributed by atoms with Crippen molar-refractivity contribution >= 4 is 17.8 Å². The number of carboxylic acid groups (broad SMARTS) is 1. The summed E-state index contributed by atoms with van der Waals surface area (Å²) in [5.74, 6) is -1.53. The zero-order chi connectivity index (χ0) is 15.4. The van der Waals surface area contributed by atoms with Crippen molar-refractivity contribution < 1.29 is 19.2 Å². The van der Waals surface area contributed by atoms with Gasteiger partial charge in [-0.2, -0.15) is 0 Å². The maximum atomic E-state index is 11.7. The van der Waals surface area contributed by atoms with E-state index < -0.39 is 5.97 Å². The van der Waals surface area contributed by atoms with Crippen LogP contribution >= 0.6 is 0 Å². The summed E-state index contributed by atoms with van der Waals surface area (Å²) >= 11 is 0. The zero-order valence-electron chi connectivity index (χ0n) is 11.7. The Hall–Kier alpha value is -2.70. The van der Waals surface area contributed by atoms with Gasteiger partial charge in [0.25, 0.3) is 0 Å². The number of carbonyl (C=O) groups excluding carboxylic acids is 1. The van der Waals surface area contributed by atoms with E-state index in [1.807, 2.05) is 13.8 Å². The molecule has 2 heterocycles. The summed E-state index contributed by atoms with van der Waals surface area (Å²) in [6.45, 7) is 3.78. The van der Waals surface area contributed by atoms with Gasteiger partial charge in [0.05, 0.1) is 0 Å². The van der Waals surface area contributed by atoms with Crippen molar-refractivity contribution in [2.75, 3.05) is 5.32 Å². The van der Waals surface area contributed by atoms with Gasteiger partial charge in [-0.1, -0.05) is 19.0 Å². The molecule has 2 N–H and O–H groups in total. The Labute approximate surface area is 121 Å². The van der Waals surface area contributed by atoms with Crippen LogP contribution in [0.3, 0.4) is 0 Å². The lowest BCUT2D eigenvalue weighted by molar-refractivity contribution is -0.117. The topological polar surface area (TPSA) is 105 Å². The fourth-order valence-corrected chi connectivity index (χ4v) is 1.83. The van der Waals surface area contributed by atoms with Crippen molar-refractivity contribution in [3.63, 3.8) is 0 Å². The lowest BCUT2D eigenvalue weighted by Gasteiger charge is -2.04. The smallest absolute Gasteiger partial charge is 0.343 e. The number of anilines is 1. The Morgan fingerprint density at radius 1 is 1.33 bits per heavy atom. The van der Waals surface area contributed by atoms with Crippen molar-refractivity contribution in [1.29, 1.82) is 0 Å². The summed E-state index contributed by atoms with van der Waals surface area (Å²) in [7, 11) is 0. The van der Waals surface area contributed by atoms with Gasteiger partial charge in [0.1, 0.15) is 5.69 Å². The van der Waals surface area contributed by atoms with Crippen molar-refractivity contribution in [3.8, 4) is 11.3 Å². The molecule has 0 aliphatic heterocycles. The number of carboxylic acids is 1. The van der Waals surface area contributed by atoms with E-state index in [0.29, 0.717) is 5.56 Å². The molecule has 7 heteroatoms. The van der Waals surface area contributed by atoms with Gasteiger partial charge in [-0.3, -0.25) is 15.1 Å². The highest BCUT2D eigenvalue weighted by molar-refractivity contribution is 6.03. The summed E-state index contributed by atoms with van der Waals surface area (Å²) in [4.78, 5) is 27.0. The molecule has 0 spiro atoms. The van der Waals surface area contributed by atoms with E-state index in [2.05, 4.69) is 15.5 Å². The first-order chi connectivity index (χ1) is 9.99.